The maximum Gasteiger partial charge on any atom is 0.263 e. The van der Waals surface area contributed by atoms with Crippen molar-refractivity contribution in [3.63, 3.8) is 0 Å². The number of carbonyl (C=O) groups excluding carboxylic acids is 2. The second kappa shape index (κ2) is 3.84. The monoisotopic (exact) mass is 217 g/mol. The minimum Gasteiger partial charge on any atom is -0.299 e. The summed E-state index contributed by atoms with van der Waals surface area (Å²) in [5.41, 5.74) is 1.16. The van der Waals surface area contributed by atoms with Gasteiger partial charge in [0, 0.05) is 12.4 Å². The molecule has 2 rings (SSSR count). The van der Waals surface area contributed by atoms with Crippen LogP contribution in [0.25, 0.3) is 0 Å². The van der Waals surface area contributed by atoms with E-state index in [0.717, 1.165) is 0 Å². The molecule has 0 spiro atoms. The zero-order chi connectivity index (χ0) is 11.7. The van der Waals surface area contributed by atoms with Crippen molar-refractivity contribution in [3.8, 4) is 0 Å². The van der Waals surface area contributed by atoms with Crippen LogP contribution in [0.3, 0.4) is 0 Å². The van der Waals surface area contributed by atoms with Crippen LogP contribution in [0.5, 0.6) is 0 Å². The van der Waals surface area contributed by atoms with Crippen molar-refractivity contribution in [2.24, 2.45) is 11.0 Å². The Labute approximate surface area is 92.8 Å². The Morgan fingerprint density at radius 1 is 1.38 bits per heavy atom. The van der Waals surface area contributed by atoms with Crippen LogP contribution >= 0.6 is 0 Å². The van der Waals surface area contributed by atoms with E-state index in [1.807, 2.05) is 0 Å². The summed E-state index contributed by atoms with van der Waals surface area (Å²) in [4.78, 5) is 27.1. The third kappa shape index (κ3) is 1.60. The van der Waals surface area contributed by atoms with Crippen LogP contribution in [0.1, 0.15) is 13.8 Å². The van der Waals surface area contributed by atoms with Gasteiger partial charge in [-0.15, -0.1) is 0 Å². The lowest BCUT2D eigenvalue weighted by Gasteiger charge is -2.12. The van der Waals surface area contributed by atoms with E-state index in [0.29, 0.717) is 11.4 Å². The summed E-state index contributed by atoms with van der Waals surface area (Å²) in [6.45, 7) is 3.09. The van der Waals surface area contributed by atoms with Crippen molar-refractivity contribution in [1.29, 1.82) is 0 Å². The molecule has 1 aromatic rings. The number of anilines is 1. The van der Waals surface area contributed by atoms with Crippen LogP contribution in [0.2, 0.25) is 0 Å². The summed E-state index contributed by atoms with van der Waals surface area (Å²) in [6, 6.07) is 3.36. The molecule has 1 aromatic heterocycles. The Kier molecular flexibility index (Phi) is 2.52. The number of hydrogen-bond donors (Lipinski definition) is 0. The van der Waals surface area contributed by atoms with Crippen LogP contribution < -0.4 is 5.01 Å². The highest BCUT2D eigenvalue weighted by Gasteiger charge is 2.37. The number of amides is 1. The van der Waals surface area contributed by atoms with E-state index in [1.54, 1.807) is 31.5 Å². The largest absolute Gasteiger partial charge is 0.299 e. The number of nitrogens with zero attached hydrogens (tertiary/aromatic N) is 3. The van der Waals surface area contributed by atoms with E-state index < -0.39 is 5.92 Å². The fourth-order valence-corrected chi connectivity index (χ4v) is 1.70. The van der Waals surface area contributed by atoms with Crippen LogP contribution in [0.4, 0.5) is 5.69 Å². The Bertz CT molecular complexity index is 467. The van der Waals surface area contributed by atoms with Crippen LogP contribution in [-0.2, 0) is 9.59 Å². The molecule has 16 heavy (non-hydrogen) atoms. The number of carbonyl (C=O) groups is 2. The maximum atomic E-state index is 11.9. The summed E-state index contributed by atoms with van der Waals surface area (Å²) in [5, 5.41) is 5.35. The van der Waals surface area contributed by atoms with Gasteiger partial charge < -0.3 is 0 Å². The highest BCUT2D eigenvalue weighted by atomic mass is 16.2. The van der Waals surface area contributed by atoms with E-state index in [4.69, 9.17) is 0 Å². The summed E-state index contributed by atoms with van der Waals surface area (Å²) in [5.74, 6) is -1.20. The molecule has 0 aromatic carbocycles. The van der Waals surface area contributed by atoms with Gasteiger partial charge in [-0.2, -0.15) is 10.1 Å². The Hall–Kier alpha value is -2.04. The predicted octanol–water partition coefficient (Wildman–Crippen LogP) is 1.01. The molecule has 0 aliphatic carbocycles. The molecule has 2 heterocycles. The predicted molar refractivity (Wildman–Crippen MR) is 59.0 cm³/mol. The fourth-order valence-electron chi connectivity index (χ4n) is 1.70. The average Bonchev–Trinajstić information content (AvgIpc) is 2.55. The highest BCUT2D eigenvalue weighted by Crippen LogP contribution is 2.23. The average molecular weight is 217 g/mol. The van der Waals surface area contributed by atoms with Gasteiger partial charge >= 0.3 is 0 Å². The molecule has 1 aliphatic heterocycles. The summed E-state index contributed by atoms with van der Waals surface area (Å²) >= 11 is 0. The molecule has 1 aliphatic rings. The second-order valence-corrected chi connectivity index (χ2v) is 3.64. The highest BCUT2D eigenvalue weighted by molar-refractivity contribution is 6.26. The number of Topliss-reactive ketones (excluding diaryl/α,β-unsaturated/α-hetero) is 1. The first-order chi connectivity index (χ1) is 7.61. The first kappa shape index (κ1) is 10.5. The number of hydrazone groups is 1. The summed E-state index contributed by atoms with van der Waals surface area (Å²) in [7, 11) is 0. The SMILES string of the molecule is CC(=O)C1C(=O)N(c2ccncc2)N=C1C. The zero-order valence-electron chi connectivity index (χ0n) is 9.04. The fraction of sp³-hybridized carbons (Fsp3) is 0.273. The van der Waals surface area contributed by atoms with Crippen molar-refractivity contribution < 1.29 is 9.59 Å². The molecule has 82 valence electrons. The van der Waals surface area contributed by atoms with Gasteiger partial charge in [-0.05, 0) is 26.0 Å². The van der Waals surface area contributed by atoms with Gasteiger partial charge in [0.25, 0.3) is 5.91 Å². The smallest absolute Gasteiger partial charge is 0.263 e. The normalized spacial score (nSPS) is 19.9. The molecule has 0 saturated carbocycles. The molecule has 0 N–H and O–H groups in total. The molecule has 1 unspecified atom stereocenters. The van der Waals surface area contributed by atoms with Gasteiger partial charge in [0.05, 0.1) is 11.4 Å². The molecule has 0 saturated heterocycles. The van der Waals surface area contributed by atoms with Gasteiger partial charge in [-0.25, -0.2) is 0 Å². The van der Waals surface area contributed by atoms with Gasteiger partial charge in [0.1, 0.15) is 11.7 Å². The lowest BCUT2D eigenvalue weighted by Crippen LogP contribution is -2.31. The van der Waals surface area contributed by atoms with Gasteiger partial charge in [0.2, 0.25) is 0 Å². The first-order valence-corrected chi connectivity index (χ1v) is 4.91. The second-order valence-electron chi connectivity index (χ2n) is 3.64. The maximum absolute atomic E-state index is 11.9. The number of rotatable bonds is 2. The lowest BCUT2D eigenvalue weighted by atomic mass is 10.0. The summed E-state index contributed by atoms with van der Waals surface area (Å²) in [6.07, 6.45) is 3.16. The Balaban J connectivity index is 2.35. The topological polar surface area (TPSA) is 62.6 Å². The van der Waals surface area contributed by atoms with E-state index in [2.05, 4.69) is 10.1 Å². The Morgan fingerprint density at radius 2 is 2.00 bits per heavy atom. The van der Waals surface area contributed by atoms with Gasteiger partial charge in [-0.3, -0.25) is 14.6 Å². The van der Waals surface area contributed by atoms with Crippen molar-refractivity contribution in [2.75, 3.05) is 5.01 Å². The van der Waals surface area contributed by atoms with E-state index in [1.165, 1.54) is 11.9 Å². The van der Waals surface area contributed by atoms with E-state index in [-0.39, 0.29) is 11.7 Å². The lowest BCUT2D eigenvalue weighted by molar-refractivity contribution is -0.127. The third-order valence-electron chi connectivity index (χ3n) is 2.45. The third-order valence-corrected chi connectivity index (χ3v) is 2.45. The van der Waals surface area contributed by atoms with Crippen molar-refractivity contribution in [2.45, 2.75) is 13.8 Å². The zero-order valence-corrected chi connectivity index (χ0v) is 9.04. The molecular weight excluding hydrogens is 206 g/mol. The van der Waals surface area contributed by atoms with Crippen LogP contribution in [-0.4, -0.2) is 22.4 Å². The molecule has 0 fully saturated rings. The molecule has 0 radical (unpaired) electrons. The van der Waals surface area contributed by atoms with E-state index >= 15 is 0 Å². The number of pyridine rings is 1. The van der Waals surface area contributed by atoms with Crippen molar-refractivity contribution in [1.82, 2.24) is 4.98 Å². The van der Waals surface area contributed by atoms with Crippen LogP contribution in [0, 0.1) is 5.92 Å². The van der Waals surface area contributed by atoms with Gasteiger partial charge in [-0.1, -0.05) is 0 Å². The molecule has 5 nitrogen and oxygen atoms in total. The molecule has 1 atom stereocenters. The Morgan fingerprint density at radius 3 is 2.50 bits per heavy atom. The quantitative estimate of drug-likeness (QED) is 0.694. The van der Waals surface area contributed by atoms with Crippen LogP contribution in [0.15, 0.2) is 29.6 Å². The number of aromatic nitrogens is 1. The first-order valence-electron chi connectivity index (χ1n) is 4.91. The molecule has 1 amide bonds. The minimum atomic E-state index is -0.729. The minimum absolute atomic E-state index is 0.178. The standard InChI is InChI=1S/C11H11N3O2/c1-7-10(8(2)15)11(16)14(13-7)9-3-5-12-6-4-9/h3-6,10H,1-2H3. The molecule has 5 heteroatoms. The van der Waals surface area contributed by atoms with Crippen molar-refractivity contribution >= 4 is 23.1 Å². The molecular formula is C11H11N3O2. The number of ketones is 1. The van der Waals surface area contributed by atoms with Crippen molar-refractivity contribution in [3.05, 3.63) is 24.5 Å². The van der Waals surface area contributed by atoms with Gasteiger partial charge in [0.15, 0.2) is 0 Å². The molecule has 0 bridgehead atoms. The number of hydrogen-bond acceptors (Lipinski definition) is 4. The van der Waals surface area contributed by atoms with E-state index in [9.17, 15) is 9.59 Å². The summed E-state index contributed by atoms with van der Waals surface area (Å²) < 4.78 is 0.